The number of carbonyl (C=O) groups is 1. The van der Waals surface area contributed by atoms with Crippen molar-refractivity contribution in [3.05, 3.63) is 12.2 Å². The second-order valence-corrected chi connectivity index (χ2v) is 7.26. The first-order valence-electron chi connectivity index (χ1n) is 7.62. The fraction of sp³-hybridized carbons (Fsp3) is 0.812. The normalized spacial score (nSPS) is 35.4. The summed E-state index contributed by atoms with van der Waals surface area (Å²) in [7, 11) is 0. The standard InChI is InChI=1S/C16H28N2O/c1-16(2,3)13-6-4-5-7-14(13)18-15(19)11-8-9-12(17)10-11/h8-9,11-14H,4-7,10,17H2,1-3H3,(H,18,19). The number of amides is 1. The summed E-state index contributed by atoms with van der Waals surface area (Å²) in [5.74, 6) is 0.743. The minimum absolute atomic E-state index is 0.0162. The van der Waals surface area contributed by atoms with Gasteiger partial charge in [-0.05, 0) is 30.6 Å². The molecule has 2 rings (SSSR count). The first-order valence-corrected chi connectivity index (χ1v) is 7.62. The minimum atomic E-state index is -0.0162. The van der Waals surface area contributed by atoms with Crippen molar-refractivity contribution in [1.29, 1.82) is 0 Å². The summed E-state index contributed by atoms with van der Waals surface area (Å²) >= 11 is 0. The van der Waals surface area contributed by atoms with E-state index in [1.165, 1.54) is 19.3 Å². The van der Waals surface area contributed by atoms with E-state index in [1.807, 2.05) is 12.2 Å². The van der Waals surface area contributed by atoms with Crippen LogP contribution in [0.3, 0.4) is 0 Å². The number of rotatable bonds is 2. The average molecular weight is 264 g/mol. The molecule has 108 valence electrons. The predicted molar refractivity (Wildman–Crippen MR) is 78.6 cm³/mol. The van der Waals surface area contributed by atoms with Crippen LogP contribution in [0.5, 0.6) is 0 Å². The highest BCUT2D eigenvalue weighted by molar-refractivity contribution is 5.81. The Hall–Kier alpha value is -0.830. The van der Waals surface area contributed by atoms with Crippen LogP contribution in [0.2, 0.25) is 0 Å². The molecule has 1 saturated carbocycles. The lowest BCUT2D eigenvalue weighted by Crippen LogP contribution is -2.48. The molecule has 2 aliphatic rings. The highest BCUT2D eigenvalue weighted by atomic mass is 16.1. The molecular formula is C16H28N2O. The fourth-order valence-electron chi connectivity index (χ4n) is 3.55. The molecule has 0 aromatic heterocycles. The van der Waals surface area contributed by atoms with Crippen molar-refractivity contribution in [2.75, 3.05) is 0 Å². The SMILES string of the molecule is CC(C)(C)C1CCCCC1NC(=O)C1C=CC(N)C1. The molecule has 0 heterocycles. The first-order chi connectivity index (χ1) is 8.88. The van der Waals surface area contributed by atoms with Crippen LogP contribution < -0.4 is 11.1 Å². The third-order valence-electron chi connectivity index (χ3n) is 4.66. The smallest absolute Gasteiger partial charge is 0.227 e. The average Bonchev–Trinajstić information content (AvgIpc) is 2.75. The molecule has 0 aromatic rings. The molecule has 0 spiro atoms. The topological polar surface area (TPSA) is 55.1 Å². The largest absolute Gasteiger partial charge is 0.353 e. The predicted octanol–water partition coefficient (Wildman–Crippen LogP) is 2.61. The lowest BCUT2D eigenvalue weighted by molar-refractivity contribution is -0.125. The summed E-state index contributed by atoms with van der Waals surface area (Å²) in [6.45, 7) is 6.86. The molecule has 0 aliphatic heterocycles. The summed E-state index contributed by atoms with van der Waals surface area (Å²) in [6.07, 6.45) is 9.56. The molecular weight excluding hydrogens is 236 g/mol. The van der Waals surface area contributed by atoms with E-state index in [2.05, 4.69) is 26.1 Å². The Balaban J connectivity index is 1.96. The van der Waals surface area contributed by atoms with Gasteiger partial charge < -0.3 is 11.1 Å². The summed E-state index contributed by atoms with van der Waals surface area (Å²) in [4.78, 5) is 12.3. The van der Waals surface area contributed by atoms with Crippen LogP contribution >= 0.6 is 0 Å². The van der Waals surface area contributed by atoms with Crippen LogP contribution in [0.15, 0.2) is 12.2 Å². The van der Waals surface area contributed by atoms with Crippen LogP contribution in [0.4, 0.5) is 0 Å². The number of nitrogens with one attached hydrogen (secondary N) is 1. The van der Waals surface area contributed by atoms with E-state index in [1.54, 1.807) is 0 Å². The van der Waals surface area contributed by atoms with Crippen molar-refractivity contribution in [3.8, 4) is 0 Å². The Morgan fingerprint density at radius 1 is 1.21 bits per heavy atom. The minimum Gasteiger partial charge on any atom is -0.353 e. The molecule has 0 bridgehead atoms. The molecule has 0 radical (unpaired) electrons. The maximum absolute atomic E-state index is 12.3. The maximum atomic E-state index is 12.3. The van der Waals surface area contributed by atoms with Gasteiger partial charge in [-0.1, -0.05) is 45.8 Å². The van der Waals surface area contributed by atoms with Crippen molar-refractivity contribution in [1.82, 2.24) is 5.32 Å². The summed E-state index contributed by atoms with van der Waals surface area (Å²) in [6, 6.07) is 0.395. The molecule has 3 N–H and O–H groups in total. The second-order valence-electron chi connectivity index (χ2n) is 7.26. The lowest BCUT2D eigenvalue weighted by Gasteiger charge is -2.41. The lowest BCUT2D eigenvalue weighted by atomic mass is 9.69. The molecule has 4 unspecified atom stereocenters. The Bertz CT molecular complexity index is 356. The molecule has 2 aliphatic carbocycles. The summed E-state index contributed by atoms with van der Waals surface area (Å²) in [5.41, 5.74) is 6.09. The molecule has 3 heteroatoms. The Labute approximate surface area is 117 Å². The summed E-state index contributed by atoms with van der Waals surface area (Å²) < 4.78 is 0. The van der Waals surface area contributed by atoms with Crippen LogP contribution in [0, 0.1) is 17.3 Å². The van der Waals surface area contributed by atoms with Gasteiger partial charge in [-0.25, -0.2) is 0 Å². The Morgan fingerprint density at radius 3 is 2.47 bits per heavy atom. The Morgan fingerprint density at radius 2 is 1.89 bits per heavy atom. The van der Waals surface area contributed by atoms with Gasteiger partial charge in [0, 0.05) is 12.1 Å². The Kier molecular flexibility index (Phi) is 4.34. The van der Waals surface area contributed by atoms with Gasteiger partial charge in [0.1, 0.15) is 0 Å². The highest BCUT2D eigenvalue weighted by Gasteiger charge is 2.36. The van der Waals surface area contributed by atoms with Gasteiger partial charge in [0.15, 0.2) is 0 Å². The van der Waals surface area contributed by atoms with E-state index in [0.717, 1.165) is 12.8 Å². The van der Waals surface area contributed by atoms with Gasteiger partial charge in [-0.3, -0.25) is 4.79 Å². The number of nitrogens with two attached hydrogens (primary N) is 1. The zero-order chi connectivity index (χ0) is 14.0. The number of carbonyl (C=O) groups excluding carboxylic acids is 1. The number of hydrogen-bond acceptors (Lipinski definition) is 2. The number of hydrogen-bond donors (Lipinski definition) is 2. The third kappa shape index (κ3) is 3.59. The van der Waals surface area contributed by atoms with E-state index in [0.29, 0.717) is 12.0 Å². The van der Waals surface area contributed by atoms with E-state index in [-0.39, 0.29) is 23.3 Å². The van der Waals surface area contributed by atoms with Gasteiger partial charge in [-0.15, -0.1) is 0 Å². The van der Waals surface area contributed by atoms with Gasteiger partial charge in [0.25, 0.3) is 0 Å². The maximum Gasteiger partial charge on any atom is 0.227 e. The van der Waals surface area contributed by atoms with Gasteiger partial charge >= 0.3 is 0 Å². The molecule has 1 amide bonds. The van der Waals surface area contributed by atoms with Crippen molar-refractivity contribution in [3.63, 3.8) is 0 Å². The van der Waals surface area contributed by atoms with Crippen molar-refractivity contribution in [2.24, 2.45) is 23.0 Å². The monoisotopic (exact) mass is 264 g/mol. The van der Waals surface area contributed by atoms with Gasteiger partial charge in [0.05, 0.1) is 5.92 Å². The second kappa shape index (κ2) is 5.66. The van der Waals surface area contributed by atoms with Crippen molar-refractivity contribution < 1.29 is 4.79 Å². The quantitative estimate of drug-likeness (QED) is 0.753. The van der Waals surface area contributed by atoms with Crippen molar-refractivity contribution in [2.45, 2.75) is 65.0 Å². The van der Waals surface area contributed by atoms with Gasteiger partial charge in [-0.2, -0.15) is 0 Å². The molecule has 3 nitrogen and oxygen atoms in total. The van der Waals surface area contributed by atoms with Crippen LogP contribution in [0.1, 0.15) is 52.9 Å². The molecule has 0 saturated heterocycles. The molecule has 1 fully saturated rings. The molecule has 0 aromatic carbocycles. The molecule has 19 heavy (non-hydrogen) atoms. The molecule has 4 atom stereocenters. The first kappa shape index (κ1) is 14.6. The van der Waals surface area contributed by atoms with Gasteiger partial charge in [0.2, 0.25) is 5.91 Å². The zero-order valence-corrected chi connectivity index (χ0v) is 12.5. The van der Waals surface area contributed by atoms with Crippen LogP contribution in [-0.2, 0) is 4.79 Å². The zero-order valence-electron chi connectivity index (χ0n) is 12.5. The van der Waals surface area contributed by atoms with Crippen molar-refractivity contribution >= 4 is 5.91 Å². The van der Waals surface area contributed by atoms with E-state index < -0.39 is 0 Å². The third-order valence-corrected chi connectivity index (χ3v) is 4.66. The van der Waals surface area contributed by atoms with E-state index in [9.17, 15) is 4.79 Å². The van der Waals surface area contributed by atoms with E-state index >= 15 is 0 Å². The summed E-state index contributed by atoms with van der Waals surface area (Å²) in [5, 5.41) is 3.29. The van der Waals surface area contributed by atoms with Crippen LogP contribution in [0.25, 0.3) is 0 Å². The van der Waals surface area contributed by atoms with E-state index in [4.69, 9.17) is 5.73 Å². The fourth-order valence-corrected chi connectivity index (χ4v) is 3.55. The van der Waals surface area contributed by atoms with Crippen LogP contribution in [-0.4, -0.2) is 18.0 Å². The highest BCUT2D eigenvalue weighted by Crippen LogP contribution is 2.38.